The molecule has 3 aromatic carbocycles. The highest BCUT2D eigenvalue weighted by molar-refractivity contribution is 7.92. The lowest BCUT2D eigenvalue weighted by molar-refractivity contribution is -0.139. The summed E-state index contributed by atoms with van der Waals surface area (Å²) < 4.78 is 28.8. The van der Waals surface area contributed by atoms with Crippen molar-refractivity contribution in [2.45, 2.75) is 52.1 Å². The summed E-state index contributed by atoms with van der Waals surface area (Å²) in [6.07, 6.45) is 0. The van der Waals surface area contributed by atoms with Gasteiger partial charge in [-0.15, -0.1) is 0 Å². The first kappa shape index (κ1) is 31.5. The molecule has 0 radical (unpaired) electrons. The van der Waals surface area contributed by atoms with E-state index in [9.17, 15) is 18.0 Å². The molecule has 3 rings (SSSR count). The number of rotatable bonds is 11. The van der Waals surface area contributed by atoms with Gasteiger partial charge in [0.2, 0.25) is 11.8 Å². The van der Waals surface area contributed by atoms with Crippen LogP contribution in [0.4, 0.5) is 5.69 Å². The smallest absolute Gasteiger partial charge is 0.264 e. The Morgan fingerprint density at radius 2 is 1.45 bits per heavy atom. The summed E-state index contributed by atoms with van der Waals surface area (Å²) in [5.74, 6) is -0.701. The van der Waals surface area contributed by atoms with Crippen LogP contribution in [0.3, 0.4) is 0 Å². The Morgan fingerprint density at radius 3 is 2.00 bits per heavy atom. The molecule has 3 aromatic rings. The minimum Gasteiger partial charge on any atom is -0.354 e. The van der Waals surface area contributed by atoms with E-state index >= 15 is 0 Å². The lowest BCUT2D eigenvalue weighted by Gasteiger charge is -2.32. The molecule has 0 fully saturated rings. The summed E-state index contributed by atoms with van der Waals surface area (Å²) in [4.78, 5) is 28.4. The van der Waals surface area contributed by atoms with Crippen LogP contribution in [-0.4, -0.2) is 44.3 Å². The Bertz CT molecular complexity index is 1440. The summed E-state index contributed by atoms with van der Waals surface area (Å²) in [7, 11) is -4.12. The number of nitrogens with zero attached hydrogens (tertiary/aromatic N) is 2. The van der Waals surface area contributed by atoms with Crippen molar-refractivity contribution in [1.29, 1.82) is 0 Å². The van der Waals surface area contributed by atoms with Crippen molar-refractivity contribution in [2.24, 2.45) is 5.92 Å². The quantitative estimate of drug-likeness (QED) is 0.291. The van der Waals surface area contributed by atoms with Crippen molar-refractivity contribution >= 4 is 50.7 Å². The molecule has 7 nitrogen and oxygen atoms in total. The molecule has 214 valence electrons. The number of halogens is 2. The Morgan fingerprint density at radius 1 is 0.875 bits per heavy atom. The van der Waals surface area contributed by atoms with Crippen molar-refractivity contribution in [3.8, 4) is 0 Å². The molecule has 2 amide bonds. The van der Waals surface area contributed by atoms with Crippen LogP contribution < -0.4 is 9.62 Å². The molecule has 0 heterocycles. The maximum absolute atomic E-state index is 14.0. The van der Waals surface area contributed by atoms with Crippen molar-refractivity contribution in [3.63, 3.8) is 0 Å². The van der Waals surface area contributed by atoms with E-state index in [1.807, 2.05) is 27.7 Å². The van der Waals surface area contributed by atoms with Gasteiger partial charge in [0, 0.05) is 23.1 Å². The third kappa shape index (κ3) is 7.99. The number of sulfonamides is 1. The van der Waals surface area contributed by atoms with Crippen LogP contribution in [0.2, 0.25) is 10.0 Å². The van der Waals surface area contributed by atoms with Crippen molar-refractivity contribution in [3.05, 3.63) is 93.5 Å². The molecule has 40 heavy (non-hydrogen) atoms. The van der Waals surface area contributed by atoms with Gasteiger partial charge in [-0.25, -0.2) is 8.42 Å². The van der Waals surface area contributed by atoms with E-state index in [-0.39, 0.29) is 23.3 Å². The average Bonchev–Trinajstić information content (AvgIpc) is 2.90. The normalized spacial score (nSPS) is 12.2. The summed E-state index contributed by atoms with van der Waals surface area (Å²) in [6, 6.07) is 17.3. The lowest BCUT2D eigenvalue weighted by Crippen LogP contribution is -2.51. The van der Waals surface area contributed by atoms with Gasteiger partial charge in [-0.3, -0.25) is 13.9 Å². The molecule has 0 unspecified atom stereocenters. The molecule has 1 N–H and O–H groups in total. The third-order valence-electron chi connectivity index (χ3n) is 6.42. The van der Waals surface area contributed by atoms with E-state index in [0.717, 1.165) is 15.4 Å². The topological polar surface area (TPSA) is 86.8 Å². The third-order valence-corrected chi connectivity index (χ3v) is 8.79. The number of aryl methyl sites for hydroxylation is 2. The van der Waals surface area contributed by atoms with Crippen LogP contribution in [0.1, 0.15) is 37.5 Å². The van der Waals surface area contributed by atoms with E-state index in [0.29, 0.717) is 27.8 Å². The van der Waals surface area contributed by atoms with E-state index in [1.54, 1.807) is 61.5 Å². The second-order valence-electron chi connectivity index (χ2n) is 10.2. The molecule has 0 saturated heterocycles. The molecule has 0 bridgehead atoms. The second kappa shape index (κ2) is 13.5. The molecule has 0 spiro atoms. The first-order valence-corrected chi connectivity index (χ1v) is 15.2. The zero-order valence-electron chi connectivity index (χ0n) is 23.3. The molecular formula is C30H35Cl2N3O4S. The summed E-state index contributed by atoms with van der Waals surface area (Å²) in [5, 5.41) is 3.63. The van der Waals surface area contributed by atoms with Crippen LogP contribution in [-0.2, 0) is 26.2 Å². The number of carbonyl (C=O) groups is 2. The molecule has 0 aromatic heterocycles. The minimum absolute atomic E-state index is 0.0165. The van der Waals surface area contributed by atoms with E-state index in [4.69, 9.17) is 23.2 Å². The molecular weight excluding hydrogens is 569 g/mol. The zero-order chi connectivity index (χ0) is 29.6. The van der Waals surface area contributed by atoms with Crippen molar-refractivity contribution < 1.29 is 18.0 Å². The Hall–Kier alpha value is -3.07. The Balaban J connectivity index is 2.03. The standard InChI is InChI=1S/C30H35Cl2N3O4S/c1-20(2)17-33-30(37)23(5)34(18-24-10-11-25(31)16-28(24)32)29(36)19-35(26-12-6-21(3)7-13-26)40(38,39)27-14-8-22(4)9-15-27/h6-16,20,23H,17-19H2,1-5H3,(H,33,37)/t23-/m1/s1. The SMILES string of the molecule is Cc1ccc(N(CC(=O)N(Cc2ccc(Cl)cc2Cl)[C@H](C)C(=O)NCC(C)C)S(=O)(=O)c2ccc(C)cc2)cc1. The lowest BCUT2D eigenvalue weighted by atomic mass is 10.1. The van der Waals surface area contributed by atoms with Gasteiger partial charge in [-0.1, -0.05) is 78.5 Å². The number of hydrogen-bond acceptors (Lipinski definition) is 4. The van der Waals surface area contributed by atoms with Crippen molar-refractivity contribution in [2.75, 3.05) is 17.4 Å². The molecule has 0 aliphatic rings. The number of anilines is 1. The van der Waals surface area contributed by atoms with Gasteiger partial charge in [-0.05, 0) is 68.7 Å². The zero-order valence-corrected chi connectivity index (χ0v) is 25.6. The fraction of sp³-hybridized carbons (Fsp3) is 0.333. The molecule has 0 aliphatic carbocycles. The highest BCUT2D eigenvalue weighted by atomic mass is 35.5. The van der Waals surface area contributed by atoms with Crippen LogP contribution >= 0.6 is 23.2 Å². The van der Waals surface area contributed by atoms with Gasteiger partial charge >= 0.3 is 0 Å². The highest BCUT2D eigenvalue weighted by Gasteiger charge is 2.32. The fourth-order valence-electron chi connectivity index (χ4n) is 3.95. The van der Waals surface area contributed by atoms with Gasteiger partial charge in [0.15, 0.2) is 0 Å². The molecule has 0 aliphatic heterocycles. The number of benzene rings is 3. The molecule has 10 heteroatoms. The summed E-state index contributed by atoms with van der Waals surface area (Å²) >= 11 is 12.5. The van der Waals surface area contributed by atoms with Crippen molar-refractivity contribution in [1.82, 2.24) is 10.2 Å². The fourth-order valence-corrected chi connectivity index (χ4v) is 5.83. The van der Waals surface area contributed by atoms with Gasteiger partial charge in [0.1, 0.15) is 12.6 Å². The maximum Gasteiger partial charge on any atom is 0.264 e. The van der Waals surface area contributed by atoms with Crippen LogP contribution in [0.5, 0.6) is 0 Å². The van der Waals surface area contributed by atoms with Gasteiger partial charge in [0.05, 0.1) is 10.6 Å². The molecule has 0 saturated carbocycles. The number of nitrogens with one attached hydrogen (secondary N) is 1. The first-order valence-electron chi connectivity index (χ1n) is 13.0. The summed E-state index contributed by atoms with van der Waals surface area (Å²) in [5.41, 5.74) is 2.76. The van der Waals surface area contributed by atoms with E-state index in [1.165, 1.54) is 17.0 Å². The Labute approximate surface area is 247 Å². The predicted octanol–water partition coefficient (Wildman–Crippen LogP) is 6.00. The maximum atomic E-state index is 14.0. The Kier molecular flexibility index (Phi) is 10.6. The monoisotopic (exact) mass is 603 g/mol. The van der Waals surface area contributed by atoms with E-state index in [2.05, 4.69) is 5.32 Å². The van der Waals surface area contributed by atoms with Gasteiger partial charge < -0.3 is 10.2 Å². The van der Waals surface area contributed by atoms with Crippen LogP contribution in [0.25, 0.3) is 0 Å². The number of carbonyl (C=O) groups excluding carboxylic acids is 2. The van der Waals surface area contributed by atoms with Gasteiger partial charge in [0.25, 0.3) is 10.0 Å². The largest absolute Gasteiger partial charge is 0.354 e. The predicted molar refractivity (Wildman–Crippen MR) is 161 cm³/mol. The molecule has 1 atom stereocenters. The number of amides is 2. The average molecular weight is 605 g/mol. The summed E-state index contributed by atoms with van der Waals surface area (Å²) in [6.45, 7) is 9.20. The van der Waals surface area contributed by atoms with Crippen LogP contribution in [0, 0.1) is 19.8 Å². The van der Waals surface area contributed by atoms with Gasteiger partial charge in [-0.2, -0.15) is 0 Å². The first-order chi connectivity index (χ1) is 18.8. The van der Waals surface area contributed by atoms with E-state index < -0.39 is 28.5 Å². The second-order valence-corrected chi connectivity index (χ2v) is 12.9. The number of hydrogen-bond donors (Lipinski definition) is 1. The van der Waals surface area contributed by atoms with Crippen LogP contribution in [0.15, 0.2) is 71.6 Å². The highest BCUT2D eigenvalue weighted by Crippen LogP contribution is 2.27. The minimum atomic E-state index is -4.12.